The van der Waals surface area contributed by atoms with E-state index in [0.717, 1.165) is 58.7 Å². The van der Waals surface area contributed by atoms with Gasteiger partial charge in [0.2, 0.25) is 0 Å². The number of hydrogen-bond acceptors (Lipinski definition) is 7. The second-order valence-electron chi connectivity index (χ2n) is 9.19. The number of benzene rings is 3. The Labute approximate surface area is 243 Å². The van der Waals surface area contributed by atoms with Crippen molar-refractivity contribution in [1.29, 1.82) is 0 Å². The zero-order valence-electron chi connectivity index (χ0n) is 21.3. The average molecular weight is 607 g/mol. The number of halogens is 2. The van der Waals surface area contributed by atoms with E-state index in [0.29, 0.717) is 17.8 Å². The number of aromatic nitrogens is 1. The van der Waals surface area contributed by atoms with Crippen LogP contribution in [-0.4, -0.2) is 63.5 Å². The van der Waals surface area contributed by atoms with Gasteiger partial charge in [0.05, 0.1) is 15.1 Å². The van der Waals surface area contributed by atoms with Crippen LogP contribution in [-0.2, 0) is 10.0 Å². The minimum absolute atomic E-state index is 0. The SMILES string of the molecule is Cc1ccc(S(=O)(=O)Nc2ccc(C(=O)NCCN3CCN(c4nc5ccc(Cl)cc5s4)CC3)cc2)cc1.Cl. The molecule has 8 nitrogen and oxygen atoms in total. The van der Waals surface area contributed by atoms with E-state index in [9.17, 15) is 13.2 Å². The Morgan fingerprint density at radius 1 is 1.00 bits per heavy atom. The number of aryl methyl sites for hydroxylation is 1. The Hall–Kier alpha value is -2.89. The molecule has 2 N–H and O–H groups in total. The van der Waals surface area contributed by atoms with Crippen LogP contribution in [0.2, 0.25) is 5.02 Å². The van der Waals surface area contributed by atoms with Gasteiger partial charge >= 0.3 is 0 Å². The number of carbonyl (C=O) groups excluding carboxylic acids is 1. The summed E-state index contributed by atoms with van der Waals surface area (Å²) in [5.74, 6) is -0.190. The van der Waals surface area contributed by atoms with Crippen molar-refractivity contribution in [3.8, 4) is 0 Å². The Morgan fingerprint density at radius 2 is 1.69 bits per heavy atom. The molecule has 1 aliphatic rings. The van der Waals surface area contributed by atoms with Gasteiger partial charge in [-0.25, -0.2) is 13.4 Å². The predicted octanol–water partition coefficient (Wildman–Crippen LogP) is 5.03. The second-order valence-corrected chi connectivity index (χ2v) is 12.3. The van der Waals surface area contributed by atoms with Crippen molar-refractivity contribution in [3.63, 3.8) is 0 Å². The third-order valence-corrected chi connectivity index (χ3v) is 9.14. The number of piperazine rings is 1. The number of fused-ring (bicyclic) bond motifs is 1. The Kier molecular flexibility index (Phi) is 9.35. The molecular weight excluding hydrogens is 577 g/mol. The highest BCUT2D eigenvalue weighted by molar-refractivity contribution is 7.92. The molecule has 39 heavy (non-hydrogen) atoms. The second kappa shape index (κ2) is 12.5. The largest absolute Gasteiger partial charge is 0.351 e. The van der Waals surface area contributed by atoms with Gasteiger partial charge in [-0.3, -0.25) is 14.4 Å². The molecule has 3 aromatic carbocycles. The standard InChI is InChI=1S/C27H28ClN5O3S2.ClH/c1-19-2-9-23(10-3-19)38(35,36)31-22-7-4-20(5-8-22)26(34)29-12-13-32-14-16-33(17-15-32)27-30-24-11-6-21(28)18-25(24)37-27;/h2-11,18,31H,12-17H2,1H3,(H,29,34);1H. The van der Waals surface area contributed by atoms with Gasteiger partial charge < -0.3 is 10.2 Å². The van der Waals surface area contributed by atoms with E-state index in [1.165, 1.54) is 0 Å². The molecule has 0 radical (unpaired) electrons. The normalized spacial score (nSPS) is 14.2. The molecule has 1 fully saturated rings. The number of hydrogen-bond donors (Lipinski definition) is 2. The molecule has 1 aliphatic heterocycles. The van der Waals surface area contributed by atoms with Gasteiger partial charge in [-0.15, -0.1) is 12.4 Å². The average Bonchev–Trinajstić information content (AvgIpc) is 3.33. The Balaban J connectivity index is 0.00000353. The van der Waals surface area contributed by atoms with Crippen LogP contribution in [0, 0.1) is 6.92 Å². The highest BCUT2D eigenvalue weighted by atomic mass is 35.5. The fourth-order valence-corrected chi connectivity index (χ4v) is 6.59. The molecule has 0 bridgehead atoms. The van der Waals surface area contributed by atoms with E-state index in [4.69, 9.17) is 16.6 Å². The predicted molar refractivity (Wildman–Crippen MR) is 161 cm³/mol. The first-order chi connectivity index (χ1) is 18.3. The topological polar surface area (TPSA) is 94.6 Å². The van der Waals surface area contributed by atoms with E-state index in [-0.39, 0.29) is 23.2 Å². The van der Waals surface area contributed by atoms with Crippen LogP contribution in [0.4, 0.5) is 10.8 Å². The molecule has 4 aromatic rings. The molecule has 0 atom stereocenters. The number of amides is 1. The summed E-state index contributed by atoms with van der Waals surface area (Å²) in [5, 5.41) is 4.69. The summed E-state index contributed by atoms with van der Waals surface area (Å²) in [7, 11) is -3.69. The van der Waals surface area contributed by atoms with Gasteiger partial charge in [-0.05, 0) is 61.5 Å². The van der Waals surface area contributed by atoms with Crippen LogP contribution in [0.3, 0.4) is 0 Å². The first kappa shape index (κ1) is 29.1. The van der Waals surface area contributed by atoms with Crippen LogP contribution >= 0.6 is 35.3 Å². The van der Waals surface area contributed by atoms with E-state index in [1.807, 2.05) is 25.1 Å². The Morgan fingerprint density at radius 3 is 2.38 bits per heavy atom. The number of carbonyl (C=O) groups is 1. The lowest BCUT2D eigenvalue weighted by Crippen LogP contribution is -2.48. The molecule has 0 aliphatic carbocycles. The van der Waals surface area contributed by atoms with Crippen LogP contribution in [0.1, 0.15) is 15.9 Å². The van der Waals surface area contributed by atoms with Crippen LogP contribution in [0.25, 0.3) is 10.2 Å². The quantitative estimate of drug-likeness (QED) is 0.292. The highest BCUT2D eigenvalue weighted by Crippen LogP contribution is 2.31. The summed E-state index contributed by atoms with van der Waals surface area (Å²) < 4.78 is 28.8. The third kappa shape index (κ3) is 7.20. The van der Waals surface area contributed by atoms with Gasteiger partial charge in [-0.1, -0.05) is 40.6 Å². The monoisotopic (exact) mass is 605 g/mol. The third-order valence-electron chi connectivity index (χ3n) is 6.43. The molecule has 206 valence electrons. The molecule has 1 saturated heterocycles. The summed E-state index contributed by atoms with van der Waals surface area (Å²) in [6, 6.07) is 18.8. The molecular formula is C27H29Cl2N5O3S2. The van der Waals surface area contributed by atoms with Crippen molar-refractivity contribution in [2.45, 2.75) is 11.8 Å². The van der Waals surface area contributed by atoms with Crippen LogP contribution in [0.5, 0.6) is 0 Å². The van der Waals surface area contributed by atoms with Crippen molar-refractivity contribution in [1.82, 2.24) is 15.2 Å². The fraction of sp³-hybridized carbons (Fsp3) is 0.259. The number of anilines is 2. The molecule has 0 saturated carbocycles. The summed E-state index contributed by atoms with van der Waals surface area (Å²) in [6.45, 7) is 6.72. The van der Waals surface area contributed by atoms with E-state index >= 15 is 0 Å². The lowest BCUT2D eigenvalue weighted by molar-refractivity contribution is 0.0948. The van der Waals surface area contributed by atoms with Gasteiger partial charge in [-0.2, -0.15) is 0 Å². The van der Waals surface area contributed by atoms with Crippen molar-refractivity contribution in [3.05, 3.63) is 82.9 Å². The number of thiazole rings is 1. The summed E-state index contributed by atoms with van der Waals surface area (Å²) >= 11 is 7.76. The molecule has 2 heterocycles. The zero-order chi connectivity index (χ0) is 26.7. The van der Waals surface area contributed by atoms with E-state index < -0.39 is 10.0 Å². The lowest BCUT2D eigenvalue weighted by Gasteiger charge is -2.34. The number of sulfonamides is 1. The molecule has 0 spiro atoms. The van der Waals surface area contributed by atoms with Crippen molar-refractivity contribution < 1.29 is 13.2 Å². The zero-order valence-corrected chi connectivity index (χ0v) is 24.5. The fourth-order valence-electron chi connectivity index (χ4n) is 4.24. The highest BCUT2D eigenvalue weighted by Gasteiger charge is 2.20. The maximum absolute atomic E-state index is 12.6. The maximum Gasteiger partial charge on any atom is 0.261 e. The molecule has 0 unspecified atom stereocenters. The lowest BCUT2D eigenvalue weighted by atomic mass is 10.2. The summed E-state index contributed by atoms with van der Waals surface area (Å²) in [6.07, 6.45) is 0. The smallest absolute Gasteiger partial charge is 0.261 e. The van der Waals surface area contributed by atoms with Crippen molar-refractivity contribution >= 4 is 72.3 Å². The van der Waals surface area contributed by atoms with Gasteiger partial charge in [0, 0.05) is 55.5 Å². The minimum Gasteiger partial charge on any atom is -0.351 e. The van der Waals surface area contributed by atoms with E-state index in [2.05, 4.69) is 19.8 Å². The molecule has 5 rings (SSSR count). The first-order valence-corrected chi connectivity index (χ1v) is 15.0. The number of nitrogens with one attached hydrogen (secondary N) is 2. The molecule has 12 heteroatoms. The number of rotatable bonds is 8. The molecule has 1 aromatic heterocycles. The minimum atomic E-state index is -3.69. The summed E-state index contributed by atoms with van der Waals surface area (Å²) in [5.41, 5.74) is 2.83. The van der Waals surface area contributed by atoms with Crippen molar-refractivity contribution in [2.75, 3.05) is 48.9 Å². The Bertz CT molecular complexity index is 1540. The number of nitrogens with zero attached hydrogens (tertiary/aromatic N) is 3. The molecule has 1 amide bonds. The first-order valence-electron chi connectivity index (χ1n) is 12.3. The van der Waals surface area contributed by atoms with Gasteiger partial charge in [0.1, 0.15) is 0 Å². The van der Waals surface area contributed by atoms with E-state index in [1.54, 1.807) is 59.9 Å². The van der Waals surface area contributed by atoms with Crippen LogP contribution in [0.15, 0.2) is 71.6 Å². The maximum atomic E-state index is 12.6. The van der Waals surface area contributed by atoms with Gasteiger partial charge in [0.25, 0.3) is 15.9 Å². The van der Waals surface area contributed by atoms with Gasteiger partial charge in [0.15, 0.2) is 5.13 Å². The summed E-state index contributed by atoms with van der Waals surface area (Å²) in [4.78, 5) is 22.1. The van der Waals surface area contributed by atoms with Crippen LogP contribution < -0.4 is 14.9 Å². The van der Waals surface area contributed by atoms with Crippen molar-refractivity contribution in [2.24, 2.45) is 0 Å².